The lowest BCUT2D eigenvalue weighted by Gasteiger charge is -2.37. The summed E-state index contributed by atoms with van der Waals surface area (Å²) in [7, 11) is 0. The summed E-state index contributed by atoms with van der Waals surface area (Å²) in [6.45, 7) is 9.13. The van der Waals surface area contributed by atoms with Crippen LogP contribution in [0.2, 0.25) is 0 Å². The molecule has 2 amide bonds. The number of nitrogens with one attached hydrogen (secondary N) is 2. The molecule has 2 aromatic heterocycles. The lowest BCUT2D eigenvalue weighted by Crippen LogP contribution is -2.45. The van der Waals surface area contributed by atoms with Gasteiger partial charge in [-0.3, -0.25) is 9.69 Å². The van der Waals surface area contributed by atoms with E-state index in [1.54, 1.807) is 63.8 Å². The fourth-order valence-corrected chi connectivity index (χ4v) is 8.61. The Labute approximate surface area is 332 Å². The number of hydrogen-bond acceptors (Lipinski definition) is 10. The lowest BCUT2D eigenvalue weighted by molar-refractivity contribution is -0.138. The molecule has 2 atom stereocenters. The number of carbonyl (C=O) groups excluding carboxylic acids is 3. The summed E-state index contributed by atoms with van der Waals surface area (Å²) in [4.78, 5) is 44.2. The first-order chi connectivity index (χ1) is 27.2. The van der Waals surface area contributed by atoms with E-state index >= 15 is 0 Å². The number of likely N-dealkylation sites (tertiary alicyclic amines) is 1. The van der Waals surface area contributed by atoms with E-state index in [-0.39, 0.29) is 41.7 Å². The van der Waals surface area contributed by atoms with E-state index in [0.717, 1.165) is 41.9 Å². The summed E-state index contributed by atoms with van der Waals surface area (Å²) in [6.07, 6.45) is 2.67. The van der Waals surface area contributed by atoms with E-state index < -0.39 is 47.2 Å². The molecule has 57 heavy (non-hydrogen) atoms. The van der Waals surface area contributed by atoms with E-state index in [1.165, 1.54) is 18.2 Å². The fourth-order valence-electron chi connectivity index (χ4n) is 7.57. The molecule has 1 aliphatic carbocycles. The Morgan fingerprint density at radius 1 is 1.04 bits per heavy atom. The van der Waals surface area contributed by atoms with Gasteiger partial charge in [0.1, 0.15) is 11.4 Å². The van der Waals surface area contributed by atoms with Gasteiger partial charge in [0.15, 0.2) is 11.6 Å². The van der Waals surface area contributed by atoms with Crippen LogP contribution >= 0.6 is 11.3 Å². The van der Waals surface area contributed by atoms with Crippen LogP contribution in [0.5, 0.6) is 0 Å². The highest BCUT2D eigenvalue weighted by Gasteiger charge is 2.50. The molecule has 2 aliphatic heterocycles. The van der Waals surface area contributed by atoms with Gasteiger partial charge in [-0.2, -0.15) is 0 Å². The molecule has 7 rings (SSSR count). The van der Waals surface area contributed by atoms with Gasteiger partial charge in [-0.1, -0.05) is 18.2 Å². The minimum absolute atomic E-state index is 0.0566. The fraction of sp³-hybridized carbons (Fsp3) is 0.405. The van der Waals surface area contributed by atoms with Crippen molar-refractivity contribution in [3.8, 4) is 0 Å². The lowest BCUT2D eigenvalue weighted by atomic mass is 9.79. The van der Waals surface area contributed by atoms with E-state index in [2.05, 4.69) is 20.8 Å². The van der Waals surface area contributed by atoms with Crippen LogP contribution in [0.25, 0.3) is 5.57 Å². The molecular weight excluding hydrogens is 760 g/mol. The van der Waals surface area contributed by atoms with E-state index in [4.69, 9.17) is 13.9 Å². The van der Waals surface area contributed by atoms with Gasteiger partial charge in [0.25, 0.3) is 5.91 Å². The van der Waals surface area contributed by atoms with E-state index in [0.29, 0.717) is 58.1 Å². The standard InChI is InChI=1S/C42H44F3N5O6S/c1-6-54-39(52)35-34(31-15-16-32(57-31)37(51)46-22-24-9-14-27(44)28(45)20-24)33(38-49-48-23(2)55-38)29(21-42(17-18-42)25-10-12-26(43)13-11-25)47-36(35)30-8-7-19-50(30)40(53)56-41(3,4)5/h9-16,20,30,34,47H,6-8,17-19,21-22H2,1-5H3,(H,46,51)/t30-,34?/m0/s1. The molecule has 1 unspecified atom stereocenters. The summed E-state index contributed by atoms with van der Waals surface area (Å²) in [5, 5.41) is 15.0. The monoisotopic (exact) mass is 803 g/mol. The van der Waals surface area contributed by atoms with Gasteiger partial charge in [-0.05, 0) is 107 Å². The Balaban J connectivity index is 1.37. The van der Waals surface area contributed by atoms with Crippen LogP contribution in [0.3, 0.4) is 0 Å². The van der Waals surface area contributed by atoms with Crippen molar-refractivity contribution in [3.05, 3.63) is 122 Å². The minimum atomic E-state index is -1.02. The number of allylic oxidation sites excluding steroid dienone is 2. The predicted molar refractivity (Wildman–Crippen MR) is 205 cm³/mol. The number of amides is 2. The van der Waals surface area contributed by atoms with Gasteiger partial charge in [0.05, 0.1) is 29.0 Å². The predicted octanol–water partition coefficient (Wildman–Crippen LogP) is 8.22. The van der Waals surface area contributed by atoms with Gasteiger partial charge >= 0.3 is 12.1 Å². The second-order valence-electron chi connectivity index (χ2n) is 15.6. The highest BCUT2D eigenvalue weighted by Crippen LogP contribution is 2.56. The number of dihydropyridines is 1. The summed E-state index contributed by atoms with van der Waals surface area (Å²) >= 11 is 1.14. The normalized spacial score (nSPS) is 19.1. The number of aromatic nitrogens is 2. The van der Waals surface area contributed by atoms with Crippen LogP contribution in [0.4, 0.5) is 18.0 Å². The molecule has 300 valence electrons. The van der Waals surface area contributed by atoms with Crippen LogP contribution in [0, 0.1) is 24.4 Å². The number of hydrogen-bond donors (Lipinski definition) is 2. The Bertz CT molecular complexity index is 2250. The average Bonchev–Trinajstić information content (AvgIpc) is 3.51. The molecule has 0 radical (unpaired) electrons. The molecule has 1 saturated carbocycles. The minimum Gasteiger partial charge on any atom is -0.463 e. The number of aryl methyl sites for hydroxylation is 1. The smallest absolute Gasteiger partial charge is 0.410 e. The van der Waals surface area contributed by atoms with Crippen molar-refractivity contribution in [1.82, 2.24) is 25.7 Å². The van der Waals surface area contributed by atoms with Crippen molar-refractivity contribution in [3.63, 3.8) is 0 Å². The Morgan fingerprint density at radius 3 is 2.44 bits per heavy atom. The van der Waals surface area contributed by atoms with Crippen molar-refractivity contribution >= 4 is 34.9 Å². The first kappa shape index (κ1) is 39.8. The Kier molecular flexibility index (Phi) is 11.1. The number of ether oxygens (including phenoxy) is 2. The van der Waals surface area contributed by atoms with E-state index in [1.807, 2.05) is 0 Å². The topological polar surface area (TPSA) is 136 Å². The number of carbonyl (C=O) groups is 3. The molecule has 2 N–H and O–H groups in total. The molecule has 2 fully saturated rings. The number of halogens is 3. The molecule has 2 aromatic carbocycles. The van der Waals surface area contributed by atoms with Crippen LogP contribution in [0.15, 0.2) is 76.0 Å². The van der Waals surface area contributed by atoms with Crippen molar-refractivity contribution in [2.45, 2.75) is 96.2 Å². The largest absolute Gasteiger partial charge is 0.463 e. The maximum absolute atomic E-state index is 14.4. The molecule has 3 aliphatic rings. The summed E-state index contributed by atoms with van der Waals surface area (Å²) in [6, 6.07) is 12.6. The van der Waals surface area contributed by atoms with Crippen molar-refractivity contribution in [1.29, 1.82) is 0 Å². The van der Waals surface area contributed by atoms with Crippen molar-refractivity contribution < 1.29 is 41.4 Å². The van der Waals surface area contributed by atoms with Gasteiger partial charge in [-0.25, -0.2) is 22.8 Å². The quantitative estimate of drug-likeness (QED) is 0.144. The second-order valence-corrected chi connectivity index (χ2v) is 16.7. The zero-order valence-corrected chi connectivity index (χ0v) is 33.2. The molecule has 0 spiro atoms. The first-order valence-corrected chi connectivity index (χ1v) is 19.8. The zero-order valence-electron chi connectivity index (χ0n) is 32.3. The van der Waals surface area contributed by atoms with Crippen LogP contribution < -0.4 is 10.6 Å². The third-order valence-electron chi connectivity index (χ3n) is 10.3. The van der Waals surface area contributed by atoms with Gasteiger partial charge in [-0.15, -0.1) is 21.5 Å². The molecule has 1 saturated heterocycles. The van der Waals surface area contributed by atoms with Gasteiger partial charge < -0.3 is 24.5 Å². The van der Waals surface area contributed by atoms with Crippen molar-refractivity contribution in [2.75, 3.05) is 13.2 Å². The summed E-state index contributed by atoms with van der Waals surface area (Å²) in [5.41, 5.74) is 2.02. The first-order valence-electron chi connectivity index (χ1n) is 19.0. The highest BCUT2D eigenvalue weighted by atomic mass is 32.1. The third-order valence-corrected chi connectivity index (χ3v) is 11.5. The molecule has 4 aromatic rings. The van der Waals surface area contributed by atoms with Crippen LogP contribution in [-0.2, 0) is 26.2 Å². The SMILES string of the molecule is CCOC(=O)C1=C([C@@H]2CCCN2C(=O)OC(C)(C)C)NC(CC2(c3ccc(F)cc3)CC2)=C(c2nnc(C)o2)C1c1ccc(C(=O)NCc2ccc(F)c(F)c2)s1. The highest BCUT2D eigenvalue weighted by molar-refractivity contribution is 7.14. The summed E-state index contributed by atoms with van der Waals surface area (Å²) in [5.74, 6) is -3.91. The zero-order chi connectivity index (χ0) is 40.6. The maximum Gasteiger partial charge on any atom is 0.410 e. The molecule has 11 nitrogen and oxygen atoms in total. The molecule has 15 heteroatoms. The second kappa shape index (κ2) is 15.8. The number of thiophene rings is 1. The Hall–Kier alpha value is -5.44. The number of esters is 1. The third kappa shape index (κ3) is 8.48. The number of rotatable bonds is 11. The maximum atomic E-state index is 14.4. The summed E-state index contributed by atoms with van der Waals surface area (Å²) < 4.78 is 59.3. The Morgan fingerprint density at radius 2 is 1.79 bits per heavy atom. The number of nitrogens with zero attached hydrogens (tertiary/aromatic N) is 3. The van der Waals surface area contributed by atoms with E-state index in [9.17, 15) is 27.6 Å². The van der Waals surface area contributed by atoms with Crippen LogP contribution in [0.1, 0.15) is 103 Å². The average molecular weight is 804 g/mol. The number of benzene rings is 2. The molecule has 0 bridgehead atoms. The molecule has 4 heterocycles. The van der Waals surface area contributed by atoms with Gasteiger partial charge in [0, 0.05) is 47.3 Å². The van der Waals surface area contributed by atoms with Crippen molar-refractivity contribution in [2.24, 2.45) is 0 Å². The van der Waals surface area contributed by atoms with Crippen LogP contribution in [-0.4, -0.2) is 57.9 Å². The van der Waals surface area contributed by atoms with Gasteiger partial charge in [0.2, 0.25) is 11.8 Å². The molecular formula is C42H44F3N5O6S.